The molecular weight excluding hydrogens is 304 g/mol. The number of hydrogen-bond donors (Lipinski definition) is 1. The van der Waals surface area contributed by atoms with E-state index in [1.807, 2.05) is 12.1 Å². The lowest BCUT2D eigenvalue weighted by Gasteiger charge is -2.31. The Bertz CT molecular complexity index is 605. The molecule has 1 atom stereocenters. The van der Waals surface area contributed by atoms with Gasteiger partial charge in [-0.1, -0.05) is 31.5 Å². The molecule has 2 rings (SSSR count). The van der Waals surface area contributed by atoms with Gasteiger partial charge in [0, 0.05) is 12.2 Å². The van der Waals surface area contributed by atoms with E-state index in [-0.39, 0.29) is 6.04 Å². The van der Waals surface area contributed by atoms with Gasteiger partial charge in [0.05, 0.1) is 12.3 Å². The highest BCUT2D eigenvalue weighted by Crippen LogP contribution is 2.23. The molecule has 0 radical (unpaired) electrons. The van der Waals surface area contributed by atoms with Crippen LogP contribution in [0.15, 0.2) is 47.1 Å². The maximum Gasteiger partial charge on any atom is 0.174 e. The monoisotopic (exact) mass is 330 g/mol. The SMILES string of the molecule is Cc1ccc(NC(=S)N(CCC(C)C)C(C)c2ccco2)cc1. The third-order valence-electron chi connectivity index (χ3n) is 3.93. The summed E-state index contributed by atoms with van der Waals surface area (Å²) in [5, 5.41) is 4.09. The van der Waals surface area contributed by atoms with Gasteiger partial charge >= 0.3 is 0 Å². The summed E-state index contributed by atoms with van der Waals surface area (Å²) < 4.78 is 5.57. The third-order valence-corrected chi connectivity index (χ3v) is 4.27. The van der Waals surface area contributed by atoms with Crippen LogP contribution >= 0.6 is 12.2 Å². The Morgan fingerprint density at radius 3 is 2.43 bits per heavy atom. The molecule has 0 aliphatic heterocycles. The fraction of sp³-hybridized carbons (Fsp3) is 0.421. The average molecular weight is 330 g/mol. The topological polar surface area (TPSA) is 28.4 Å². The van der Waals surface area contributed by atoms with E-state index in [0.29, 0.717) is 5.92 Å². The fourth-order valence-corrected chi connectivity index (χ4v) is 2.75. The van der Waals surface area contributed by atoms with E-state index < -0.39 is 0 Å². The lowest BCUT2D eigenvalue weighted by atomic mass is 10.1. The predicted octanol–water partition coefficient (Wildman–Crippen LogP) is 5.39. The molecule has 3 nitrogen and oxygen atoms in total. The van der Waals surface area contributed by atoms with Gasteiger partial charge in [0.2, 0.25) is 0 Å². The second-order valence-corrected chi connectivity index (χ2v) is 6.75. The molecule has 0 aliphatic carbocycles. The maximum atomic E-state index is 5.67. The summed E-state index contributed by atoms with van der Waals surface area (Å²) in [6.45, 7) is 9.56. The second-order valence-electron chi connectivity index (χ2n) is 6.36. The largest absolute Gasteiger partial charge is 0.467 e. The number of nitrogens with zero attached hydrogens (tertiary/aromatic N) is 1. The highest BCUT2D eigenvalue weighted by atomic mass is 32.1. The third kappa shape index (κ3) is 5.10. The lowest BCUT2D eigenvalue weighted by Crippen LogP contribution is -2.38. The Morgan fingerprint density at radius 1 is 1.17 bits per heavy atom. The van der Waals surface area contributed by atoms with Crippen molar-refractivity contribution in [3.8, 4) is 0 Å². The van der Waals surface area contributed by atoms with Crippen molar-refractivity contribution >= 4 is 23.0 Å². The van der Waals surface area contributed by atoms with Crippen molar-refractivity contribution in [1.29, 1.82) is 0 Å². The molecule has 0 spiro atoms. The summed E-state index contributed by atoms with van der Waals surface area (Å²) in [5.41, 5.74) is 2.25. The minimum atomic E-state index is 0.106. The number of furan rings is 1. The van der Waals surface area contributed by atoms with Crippen molar-refractivity contribution in [3.63, 3.8) is 0 Å². The quantitative estimate of drug-likeness (QED) is 0.718. The Labute approximate surface area is 144 Å². The zero-order chi connectivity index (χ0) is 16.8. The zero-order valence-electron chi connectivity index (χ0n) is 14.4. The molecule has 0 fully saturated rings. The summed E-state index contributed by atoms with van der Waals surface area (Å²) in [6.07, 6.45) is 2.80. The molecule has 1 unspecified atom stereocenters. The normalized spacial score (nSPS) is 12.2. The molecule has 4 heteroatoms. The van der Waals surface area contributed by atoms with Crippen LogP contribution in [0.2, 0.25) is 0 Å². The Hall–Kier alpha value is -1.81. The van der Waals surface area contributed by atoms with Crippen molar-refractivity contribution in [2.24, 2.45) is 5.92 Å². The van der Waals surface area contributed by atoms with Crippen LogP contribution in [0.5, 0.6) is 0 Å². The summed E-state index contributed by atoms with van der Waals surface area (Å²) in [6, 6.07) is 12.3. The van der Waals surface area contributed by atoms with Gasteiger partial charge in [-0.05, 0) is 62.7 Å². The minimum absolute atomic E-state index is 0.106. The molecule has 0 aliphatic rings. The molecule has 1 N–H and O–H groups in total. The molecule has 2 aromatic rings. The Balaban J connectivity index is 2.11. The molecule has 0 saturated heterocycles. The Morgan fingerprint density at radius 2 is 1.87 bits per heavy atom. The molecule has 0 saturated carbocycles. The molecular formula is C19H26N2OS. The number of nitrogens with one attached hydrogen (secondary N) is 1. The first kappa shape index (κ1) is 17.5. The summed E-state index contributed by atoms with van der Waals surface area (Å²) in [7, 11) is 0. The van der Waals surface area contributed by atoms with E-state index in [9.17, 15) is 0 Å². The number of aryl methyl sites for hydroxylation is 1. The smallest absolute Gasteiger partial charge is 0.174 e. The van der Waals surface area contributed by atoms with Crippen molar-refractivity contribution in [2.45, 2.75) is 40.2 Å². The van der Waals surface area contributed by atoms with E-state index >= 15 is 0 Å². The van der Waals surface area contributed by atoms with Crippen molar-refractivity contribution in [1.82, 2.24) is 4.90 Å². The number of hydrogen-bond acceptors (Lipinski definition) is 2. The van der Waals surface area contributed by atoms with Crippen molar-refractivity contribution < 1.29 is 4.42 Å². The molecule has 0 bridgehead atoms. The van der Waals surface area contributed by atoms with Crippen LogP contribution in [0, 0.1) is 12.8 Å². The Kier molecular flexibility index (Phi) is 6.22. The number of rotatable bonds is 6. The van der Waals surface area contributed by atoms with E-state index in [4.69, 9.17) is 16.6 Å². The van der Waals surface area contributed by atoms with Crippen LogP contribution in [0.3, 0.4) is 0 Å². The standard InChI is InChI=1S/C19H26N2OS/c1-14(2)11-12-21(16(4)18-6-5-13-22-18)19(23)20-17-9-7-15(3)8-10-17/h5-10,13-14,16H,11-12H2,1-4H3,(H,20,23). The highest BCUT2D eigenvalue weighted by Gasteiger charge is 2.21. The van der Waals surface area contributed by atoms with Gasteiger partial charge in [0.25, 0.3) is 0 Å². The summed E-state index contributed by atoms with van der Waals surface area (Å²) in [5.74, 6) is 1.56. The summed E-state index contributed by atoms with van der Waals surface area (Å²) in [4.78, 5) is 2.20. The first-order valence-electron chi connectivity index (χ1n) is 8.15. The number of anilines is 1. The minimum Gasteiger partial charge on any atom is -0.467 e. The first-order chi connectivity index (χ1) is 11.0. The van der Waals surface area contributed by atoms with Gasteiger partial charge in [-0.25, -0.2) is 0 Å². The van der Waals surface area contributed by atoms with E-state index in [0.717, 1.165) is 29.5 Å². The van der Waals surface area contributed by atoms with Gasteiger partial charge in [-0.15, -0.1) is 0 Å². The van der Waals surface area contributed by atoms with Crippen LogP contribution < -0.4 is 5.32 Å². The average Bonchev–Trinajstić information content (AvgIpc) is 3.03. The van der Waals surface area contributed by atoms with Gasteiger partial charge in [0.1, 0.15) is 5.76 Å². The summed E-state index contributed by atoms with van der Waals surface area (Å²) >= 11 is 5.67. The highest BCUT2D eigenvalue weighted by molar-refractivity contribution is 7.80. The second kappa shape index (κ2) is 8.16. The van der Waals surface area contributed by atoms with E-state index in [2.05, 4.69) is 62.2 Å². The van der Waals surface area contributed by atoms with Crippen molar-refractivity contribution in [3.05, 3.63) is 54.0 Å². The van der Waals surface area contributed by atoms with Gasteiger partial charge < -0.3 is 14.6 Å². The predicted molar refractivity (Wildman–Crippen MR) is 101 cm³/mol. The molecule has 1 aromatic carbocycles. The van der Waals surface area contributed by atoms with Crippen LogP contribution in [0.4, 0.5) is 5.69 Å². The van der Waals surface area contributed by atoms with Crippen LogP contribution in [0.1, 0.15) is 44.6 Å². The molecule has 1 heterocycles. The molecule has 0 amide bonds. The molecule has 1 aromatic heterocycles. The van der Waals surface area contributed by atoms with Crippen molar-refractivity contribution in [2.75, 3.05) is 11.9 Å². The maximum absolute atomic E-state index is 5.67. The van der Waals surface area contributed by atoms with Gasteiger partial charge in [0.15, 0.2) is 5.11 Å². The zero-order valence-corrected chi connectivity index (χ0v) is 15.2. The molecule has 124 valence electrons. The fourth-order valence-electron chi connectivity index (χ4n) is 2.38. The van der Waals surface area contributed by atoms with Gasteiger partial charge in [-0.2, -0.15) is 0 Å². The van der Waals surface area contributed by atoms with E-state index in [1.165, 1.54) is 5.56 Å². The van der Waals surface area contributed by atoms with Crippen LogP contribution in [-0.4, -0.2) is 16.6 Å². The first-order valence-corrected chi connectivity index (χ1v) is 8.56. The number of benzene rings is 1. The number of thiocarbonyl (C=S) groups is 1. The van der Waals surface area contributed by atoms with Gasteiger partial charge in [-0.3, -0.25) is 0 Å². The lowest BCUT2D eigenvalue weighted by molar-refractivity contribution is 0.281. The molecule has 23 heavy (non-hydrogen) atoms. The van der Waals surface area contributed by atoms with Crippen LogP contribution in [0.25, 0.3) is 0 Å². The van der Waals surface area contributed by atoms with E-state index in [1.54, 1.807) is 6.26 Å². The van der Waals surface area contributed by atoms with Crippen LogP contribution in [-0.2, 0) is 0 Å².